The van der Waals surface area contributed by atoms with Crippen LogP contribution in [0.5, 0.6) is 0 Å². The molecule has 1 heteroatoms. The van der Waals surface area contributed by atoms with Crippen molar-refractivity contribution in [3.8, 4) is 0 Å². The Morgan fingerprint density at radius 1 is 0.750 bits per heavy atom. The van der Waals surface area contributed by atoms with Gasteiger partial charge in [0.05, 0.1) is 0 Å². The molecule has 1 aromatic rings. The minimum Gasteiger partial charge on any atom is -0.0647 e. The molecule has 0 saturated heterocycles. The molecule has 0 aliphatic heterocycles. The van der Waals surface area contributed by atoms with E-state index >= 15 is 0 Å². The summed E-state index contributed by atoms with van der Waals surface area (Å²) in [4.78, 5) is 0. The minimum atomic E-state index is -2.01. The van der Waals surface area contributed by atoms with E-state index in [1.807, 2.05) is 0 Å². The van der Waals surface area contributed by atoms with Gasteiger partial charge in [0.15, 0.2) is 0 Å². The van der Waals surface area contributed by atoms with Gasteiger partial charge in [-0.2, -0.15) is 0 Å². The molecule has 1 atom stereocenters. The Kier molecular flexibility index (Phi) is 4.83. The maximum absolute atomic E-state index is 2.48. The van der Waals surface area contributed by atoms with Gasteiger partial charge in [0.2, 0.25) is 0 Å². The summed E-state index contributed by atoms with van der Waals surface area (Å²) in [6.45, 7) is 24.4. The summed E-state index contributed by atoms with van der Waals surface area (Å²) in [6.07, 6.45) is 0. The SMILES string of the molecule is CC1=C(C)C(C)C([Si](c2ccccc2)(C(C)(C)C)C(C)(C)C)=C1C. The summed E-state index contributed by atoms with van der Waals surface area (Å²) in [5.74, 6) is 0.565. The lowest BCUT2D eigenvalue weighted by Crippen LogP contribution is -2.64. The van der Waals surface area contributed by atoms with E-state index in [1.165, 1.54) is 5.57 Å². The molecule has 0 radical (unpaired) electrons. The monoisotopic (exact) mass is 340 g/mol. The highest BCUT2D eigenvalue weighted by atomic mass is 28.3. The molecule has 0 N–H and O–H groups in total. The molecule has 0 nitrogen and oxygen atoms in total. The zero-order valence-electron chi connectivity index (χ0n) is 17.5. The Morgan fingerprint density at radius 3 is 1.54 bits per heavy atom. The second kappa shape index (κ2) is 6.02. The zero-order valence-corrected chi connectivity index (χ0v) is 18.5. The van der Waals surface area contributed by atoms with E-state index in [9.17, 15) is 0 Å². The second-order valence-corrected chi connectivity index (χ2v) is 15.3. The summed E-state index contributed by atoms with van der Waals surface area (Å²) >= 11 is 0. The molecule has 0 amide bonds. The summed E-state index contributed by atoms with van der Waals surface area (Å²) in [5.41, 5.74) is 4.67. The van der Waals surface area contributed by atoms with Crippen LogP contribution in [0.25, 0.3) is 0 Å². The number of allylic oxidation sites excluding steroid dienone is 4. The fraction of sp³-hybridized carbons (Fsp3) is 0.565. The van der Waals surface area contributed by atoms with Crippen LogP contribution in [-0.4, -0.2) is 8.07 Å². The predicted molar refractivity (Wildman–Crippen MR) is 111 cm³/mol. The quantitative estimate of drug-likeness (QED) is 0.520. The van der Waals surface area contributed by atoms with Crippen LogP contribution < -0.4 is 5.19 Å². The van der Waals surface area contributed by atoms with Crippen molar-refractivity contribution in [1.82, 2.24) is 0 Å². The molecule has 0 spiro atoms. The smallest absolute Gasteiger partial charge is 0.0647 e. The third-order valence-corrected chi connectivity index (χ3v) is 13.8. The van der Waals surface area contributed by atoms with Gasteiger partial charge in [-0.05, 0) is 42.3 Å². The molecule has 0 aromatic heterocycles. The normalized spacial score (nSPS) is 20.2. The summed E-state index contributed by atoms with van der Waals surface area (Å²) in [5, 5.41) is 3.86. The lowest BCUT2D eigenvalue weighted by Gasteiger charge is -2.55. The van der Waals surface area contributed by atoms with E-state index in [-0.39, 0.29) is 10.1 Å². The molecule has 0 heterocycles. The average Bonchev–Trinajstić information content (AvgIpc) is 2.64. The van der Waals surface area contributed by atoms with Crippen LogP contribution >= 0.6 is 0 Å². The number of benzene rings is 1. The van der Waals surface area contributed by atoms with E-state index < -0.39 is 8.07 Å². The predicted octanol–water partition coefficient (Wildman–Crippen LogP) is 6.78. The standard InChI is InChI=1S/C23H36Si/c1-16-17(2)19(4)21(18(16)3)24(22(5,6)7,23(8,9)10)20-14-12-11-13-15-20/h11-15,18H,1-10H3. The van der Waals surface area contributed by atoms with Crippen molar-refractivity contribution in [2.24, 2.45) is 5.92 Å². The lowest BCUT2D eigenvalue weighted by molar-refractivity contribution is 0.619. The first-order chi connectivity index (χ1) is 10.9. The highest BCUT2D eigenvalue weighted by Gasteiger charge is 2.58. The summed E-state index contributed by atoms with van der Waals surface area (Å²) in [6, 6.07) is 11.4. The molecular weight excluding hydrogens is 304 g/mol. The van der Waals surface area contributed by atoms with Crippen molar-refractivity contribution in [2.45, 2.75) is 79.3 Å². The van der Waals surface area contributed by atoms with Crippen molar-refractivity contribution in [2.75, 3.05) is 0 Å². The van der Waals surface area contributed by atoms with Crippen LogP contribution in [0, 0.1) is 5.92 Å². The lowest BCUT2D eigenvalue weighted by atomic mass is 10.1. The number of hydrogen-bond acceptors (Lipinski definition) is 0. The van der Waals surface area contributed by atoms with Gasteiger partial charge in [0.25, 0.3) is 0 Å². The molecule has 0 bridgehead atoms. The minimum absolute atomic E-state index is 0.252. The van der Waals surface area contributed by atoms with Crippen LogP contribution in [0.15, 0.2) is 52.2 Å². The molecule has 132 valence electrons. The molecule has 2 rings (SSSR count). The topological polar surface area (TPSA) is 0 Å². The highest BCUT2D eigenvalue weighted by Crippen LogP contribution is 2.59. The Hall–Kier alpha value is -1.08. The maximum atomic E-state index is 2.48. The van der Waals surface area contributed by atoms with Crippen LogP contribution in [0.3, 0.4) is 0 Å². The first-order valence-corrected chi connectivity index (χ1v) is 11.3. The molecular formula is C23H36Si. The summed E-state index contributed by atoms with van der Waals surface area (Å²) in [7, 11) is -2.01. The van der Waals surface area contributed by atoms with Gasteiger partial charge in [-0.15, -0.1) is 0 Å². The third kappa shape index (κ3) is 2.56. The number of rotatable bonds is 2. The second-order valence-electron chi connectivity index (χ2n) is 9.68. The van der Waals surface area contributed by atoms with Crippen molar-refractivity contribution in [3.63, 3.8) is 0 Å². The largest absolute Gasteiger partial charge is 0.124 e. The van der Waals surface area contributed by atoms with Gasteiger partial charge in [-0.25, -0.2) is 0 Å². The van der Waals surface area contributed by atoms with Gasteiger partial charge in [-0.3, -0.25) is 0 Å². The van der Waals surface area contributed by atoms with Gasteiger partial charge in [-0.1, -0.05) is 100 Å². The molecule has 1 unspecified atom stereocenters. The van der Waals surface area contributed by atoms with Crippen molar-refractivity contribution in [1.29, 1.82) is 0 Å². The molecule has 1 aromatic carbocycles. The van der Waals surface area contributed by atoms with Gasteiger partial charge < -0.3 is 0 Å². The highest BCUT2D eigenvalue weighted by molar-refractivity contribution is 7.02. The van der Waals surface area contributed by atoms with Gasteiger partial charge in [0, 0.05) is 0 Å². The maximum Gasteiger partial charge on any atom is 0.124 e. The summed E-state index contributed by atoms with van der Waals surface area (Å²) < 4.78 is 0. The van der Waals surface area contributed by atoms with Crippen molar-refractivity contribution >= 4 is 13.3 Å². The van der Waals surface area contributed by atoms with E-state index in [0.717, 1.165) is 0 Å². The van der Waals surface area contributed by atoms with E-state index in [0.29, 0.717) is 5.92 Å². The van der Waals surface area contributed by atoms with E-state index in [4.69, 9.17) is 0 Å². The Balaban J connectivity index is 2.95. The molecule has 24 heavy (non-hydrogen) atoms. The number of hydrogen-bond donors (Lipinski definition) is 0. The molecule has 0 saturated carbocycles. The third-order valence-electron chi connectivity index (χ3n) is 6.50. The van der Waals surface area contributed by atoms with Crippen LogP contribution in [0.2, 0.25) is 10.1 Å². The Labute approximate surface area is 151 Å². The Morgan fingerprint density at radius 2 is 1.21 bits per heavy atom. The van der Waals surface area contributed by atoms with Crippen LogP contribution in [0.1, 0.15) is 69.2 Å². The fourth-order valence-electron chi connectivity index (χ4n) is 5.61. The first-order valence-electron chi connectivity index (χ1n) is 9.32. The fourth-order valence-corrected chi connectivity index (χ4v) is 13.8. The zero-order chi connectivity index (χ0) is 18.5. The van der Waals surface area contributed by atoms with E-state index in [2.05, 4.69) is 99.6 Å². The molecule has 0 fully saturated rings. The van der Waals surface area contributed by atoms with Gasteiger partial charge >= 0.3 is 0 Å². The average molecular weight is 341 g/mol. The van der Waals surface area contributed by atoms with Crippen LogP contribution in [-0.2, 0) is 0 Å². The molecule has 1 aliphatic rings. The van der Waals surface area contributed by atoms with Gasteiger partial charge in [0.1, 0.15) is 8.07 Å². The Bertz CT molecular complexity index is 661. The molecule has 1 aliphatic carbocycles. The van der Waals surface area contributed by atoms with Crippen LogP contribution in [0.4, 0.5) is 0 Å². The van der Waals surface area contributed by atoms with Crippen molar-refractivity contribution in [3.05, 3.63) is 52.2 Å². The first kappa shape index (κ1) is 19.2. The van der Waals surface area contributed by atoms with E-state index in [1.54, 1.807) is 21.5 Å². The van der Waals surface area contributed by atoms with Crippen molar-refractivity contribution < 1.29 is 0 Å².